The van der Waals surface area contributed by atoms with Crippen LogP contribution in [0.25, 0.3) is 0 Å². The number of nitrogens with one attached hydrogen (secondary N) is 2. The van der Waals surface area contributed by atoms with Crippen molar-refractivity contribution in [3.8, 4) is 0 Å². The number of amides is 2. The first-order valence-corrected chi connectivity index (χ1v) is 14.2. The molecule has 12 heteroatoms. The van der Waals surface area contributed by atoms with Crippen LogP contribution in [0.15, 0.2) is 42.6 Å². The first kappa shape index (κ1) is 26.9. The smallest absolute Gasteiger partial charge is 0.351 e. The average molecular weight is 585 g/mol. The van der Waals surface area contributed by atoms with E-state index in [9.17, 15) is 9.59 Å². The van der Waals surface area contributed by atoms with E-state index in [1.165, 1.54) is 12.8 Å². The molecular weight excluding hydrogens is 553 g/mol. The summed E-state index contributed by atoms with van der Waals surface area (Å²) in [6.07, 6.45) is 3.89. The molecule has 10 nitrogen and oxygen atoms in total. The molecule has 3 aliphatic rings. The number of carbonyl (C=O) groups is 2. The Bertz CT molecular complexity index is 1430. The van der Waals surface area contributed by atoms with Crippen LogP contribution < -0.4 is 15.5 Å². The van der Waals surface area contributed by atoms with E-state index >= 15 is 0 Å². The fourth-order valence-corrected chi connectivity index (χ4v) is 5.55. The normalized spacial score (nSPS) is 17.4. The van der Waals surface area contributed by atoms with Crippen molar-refractivity contribution < 1.29 is 14.4 Å². The highest BCUT2D eigenvalue weighted by molar-refractivity contribution is 6.32. The number of hydroxylamine groups is 2. The van der Waals surface area contributed by atoms with Gasteiger partial charge in [-0.15, -0.1) is 5.06 Å². The van der Waals surface area contributed by atoms with Crippen LogP contribution in [0.5, 0.6) is 0 Å². The molecule has 0 unspecified atom stereocenters. The first-order valence-electron chi connectivity index (χ1n) is 13.4. The van der Waals surface area contributed by atoms with Crippen molar-refractivity contribution in [2.45, 2.75) is 25.9 Å². The molecule has 1 saturated carbocycles. The number of benzene rings is 2. The molecular formula is C28H31Cl2N7O3. The number of aryl methyl sites for hydroxylation is 1. The van der Waals surface area contributed by atoms with E-state index in [1.807, 2.05) is 13.1 Å². The van der Waals surface area contributed by atoms with Gasteiger partial charge in [0.2, 0.25) is 0 Å². The molecule has 3 aromatic rings. The summed E-state index contributed by atoms with van der Waals surface area (Å²) in [6.45, 7) is 4.85. The predicted octanol–water partition coefficient (Wildman–Crippen LogP) is 4.80. The lowest BCUT2D eigenvalue weighted by molar-refractivity contribution is -0.123. The van der Waals surface area contributed by atoms with Crippen molar-refractivity contribution >= 4 is 52.4 Å². The highest BCUT2D eigenvalue weighted by atomic mass is 35.5. The Balaban J connectivity index is 1.09. The molecule has 0 spiro atoms. The maximum Gasteiger partial charge on any atom is 0.426 e. The summed E-state index contributed by atoms with van der Waals surface area (Å²) in [7, 11) is 1.84. The summed E-state index contributed by atoms with van der Waals surface area (Å²) < 4.78 is 1.73. The number of hydrogen-bond donors (Lipinski definition) is 2. The highest BCUT2D eigenvalue weighted by Gasteiger charge is 2.29. The van der Waals surface area contributed by atoms with Gasteiger partial charge in [-0.3, -0.25) is 9.48 Å². The Morgan fingerprint density at radius 3 is 2.65 bits per heavy atom. The van der Waals surface area contributed by atoms with Gasteiger partial charge in [0, 0.05) is 67.5 Å². The summed E-state index contributed by atoms with van der Waals surface area (Å²) in [5, 5.41) is 13.1. The summed E-state index contributed by atoms with van der Waals surface area (Å²) in [4.78, 5) is 35.7. The molecule has 2 aliphatic heterocycles. The zero-order valence-corrected chi connectivity index (χ0v) is 23.7. The lowest BCUT2D eigenvalue weighted by Gasteiger charge is -2.33. The Morgan fingerprint density at radius 1 is 1.10 bits per heavy atom. The van der Waals surface area contributed by atoms with Crippen molar-refractivity contribution in [3.05, 3.63) is 69.3 Å². The molecule has 1 saturated heterocycles. The van der Waals surface area contributed by atoms with Crippen LogP contribution in [0.3, 0.4) is 0 Å². The molecule has 0 bridgehead atoms. The number of piperazine rings is 1. The maximum atomic E-state index is 13.7. The Labute approximate surface area is 242 Å². The largest absolute Gasteiger partial charge is 0.426 e. The van der Waals surface area contributed by atoms with Gasteiger partial charge in [-0.2, -0.15) is 5.10 Å². The fraction of sp³-hybridized carbons (Fsp3) is 0.393. The topological polar surface area (TPSA) is 95.0 Å². The van der Waals surface area contributed by atoms with Crippen molar-refractivity contribution in [2.75, 3.05) is 42.9 Å². The number of hydrogen-bond acceptors (Lipinski definition) is 7. The number of aromatic nitrogens is 2. The second-order valence-corrected chi connectivity index (χ2v) is 11.4. The molecule has 2 aromatic carbocycles. The van der Waals surface area contributed by atoms with Crippen LogP contribution in [-0.2, 0) is 25.0 Å². The van der Waals surface area contributed by atoms with E-state index in [4.69, 9.17) is 28.0 Å². The summed E-state index contributed by atoms with van der Waals surface area (Å²) >= 11 is 12.8. The van der Waals surface area contributed by atoms with Gasteiger partial charge in [0.05, 0.1) is 24.1 Å². The van der Waals surface area contributed by atoms with Gasteiger partial charge in [0.25, 0.3) is 5.91 Å². The molecule has 210 valence electrons. The van der Waals surface area contributed by atoms with E-state index in [0.29, 0.717) is 52.2 Å². The molecule has 3 heterocycles. The van der Waals surface area contributed by atoms with Crippen molar-refractivity contribution in [1.82, 2.24) is 25.1 Å². The van der Waals surface area contributed by atoms with Gasteiger partial charge >= 0.3 is 6.09 Å². The van der Waals surface area contributed by atoms with Crippen molar-refractivity contribution in [2.24, 2.45) is 13.0 Å². The molecule has 0 radical (unpaired) electrons. The van der Waals surface area contributed by atoms with Crippen LogP contribution in [-0.4, -0.2) is 64.5 Å². The number of rotatable bonds is 6. The van der Waals surface area contributed by atoms with Crippen LogP contribution in [0.1, 0.15) is 34.3 Å². The lowest BCUT2D eigenvalue weighted by atomic mass is 10.1. The van der Waals surface area contributed by atoms with Gasteiger partial charge in [-0.1, -0.05) is 29.3 Å². The van der Waals surface area contributed by atoms with E-state index in [1.54, 1.807) is 51.2 Å². The minimum atomic E-state index is -0.522. The Hall–Kier alpha value is -3.31. The van der Waals surface area contributed by atoms with Gasteiger partial charge in [0.15, 0.2) is 0 Å². The Kier molecular flexibility index (Phi) is 7.59. The first-order chi connectivity index (χ1) is 19.3. The predicted molar refractivity (Wildman–Crippen MR) is 154 cm³/mol. The second-order valence-electron chi connectivity index (χ2n) is 10.5. The van der Waals surface area contributed by atoms with Crippen LogP contribution in [0.4, 0.5) is 22.0 Å². The number of carbonyl (C=O) groups excluding carboxylic acids is 2. The zero-order valence-electron chi connectivity index (χ0n) is 22.2. The Morgan fingerprint density at radius 2 is 1.90 bits per heavy atom. The SMILES string of the molecule is Cn1ncc2c1Nc1cc(Cl)ccc1N(C(=O)c1ccc(CNC(=O)ON3CCN(CC4CC4)CC3)c(Cl)c1)C2. The van der Waals surface area contributed by atoms with Crippen molar-refractivity contribution in [1.29, 1.82) is 0 Å². The monoisotopic (exact) mass is 583 g/mol. The molecule has 40 heavy (non-hydrogen) atoms. The minimum Gasteiger partial charge on any atom is -0.351 e. The molecule has 0 atom stereocenters. The number of nitrogens with zero attached hydrogens (tertiary/aromatic N) is 5. The zero-order chi connectivity index (χ0) is 27.8. The highest BCUT2D eigenvalue weighted by Crippen LogP contribution is 2.38. The van der Waals surface area contributed by atoms with Crippen LogP contribution in [0.2, 0.25) is 10.0 Å². The van der Waals surface area contributed by atoms with E-state index < -0.39 is 6.09 Å². The van der Waals surface area contributed by atoms with Crippen LogP contribution >= 0.6 is 23.2 Å². The number of anilines is 3. The summed E-state index contributed by atoms with van der Waals surface area (Å²) in [5.74, 6) is 1.43. The summed E-state index contributed by atoms with van der Waals surface area (Å²) in [5.41, 5.74) is 3.39. The van der Waals surface area contributed by atoms with Gasteiger partial charge < -0.3 is 25.3 Å². The fourth-order valence-electron chi connectivity index (χ4n) is 5.13. The molecule has 1 aliphatic carbocycles. The average Bonchev–Trinajstić information content (AvgIpc) is 3.72. The lowest BCUT2D eigenvalue weighted by Crippen LogP contribution is -2.48. The third-order valence-corrected chi connectivity index (χ3v) is 8.16. The summed E-state index contributed by atoms with van der Waals surface area (Å²) in [6, 6.07) is 10.5. The third-order valence-electron chi connectivity index (χ3n) is 7.57. The third kappa shape index (κ3) is 5.90. The molecule has 2 N–H and O–H groups in total. The molecule has 1 aromatic heterocycles. The van der Waals surface area contributed by atoms with Gasteiger partial charge in [-0.05, 0) is 54.7 Å². The minimum absolute atomic E-state index is 0.182. The standard InChI is InChI=1S/C28H31Cl2N7O3/c1-34-26-21(15-32-34)17-37(25-7-6-22(29)13-24(25)33-26)27(38)19-4-5-20(23(30)12-19)14-31-28(39)40-36-10-8-35(9-11-36)16-18-2-3-18/h4-7,12-13,15,18,33H,2-3,8-11,14,16-17H2,1H3,(H,31,39). The number of halogens is 2. The quantitative estimate of drug-likeness (QED) is 0.430. The molecule has 2 fully saturated rings. The molecule has 6 rings (SSSR count). The number of fused-ring (bicyclic) bond motifs is 2. The van der Waals surface area contributed by atoms with Gasteiger partial charge in [-0.25, -0.2) is 4.79 Å². The van der Waals surface area contributed by atoms with E-state index in [-0.39, 0.29) is 12.5 Å². The van der Waals surface area contributed by atoms with Crippen molar-refractivity contribution in [3.63, 3.8) is 0 Å². The van der Waals surface area contributed by atoms with E-state index in [0.717, 1.165) is 36.9 Å². The second kappa shape index (κ2) is 11.3. The molecule has 2 amide bonds. The van der Waals surface area contributed by atoms with Gasteiger partial charge in [0.1, 0.15) is 5.82 Å². The van der Waals surface area contributed by atoms with E-state index in [2.05, 4.69) is 20.6 Å². The maximum absolute atomic E-state index is 13.7. The van der Waals surface area contributed by atoms with Crippen LogP contribution in [0, 0.1) is 5.92 Å².